The van der Waals surface area contributed by atoms with E-state index in [0.717, 1.165) is 30.3 Å². The number of hydrogen-bond acceptors (Lipinski definition) is 2. The third-order valence-electron chi connectivity index (χ3n) is 2.99. The van der Waals surface area contributed by atoms with E-state index in [4.69, 9.17) is 4.74 Å². The van der Waals surface area contributed by atoms with Crippen molar-refractivity contribution in [3.05, 3.63) is 34.9 Å². The van der Waals surface area contributed by atoms with Crippen molar-refractivity contribution in [2.45, 2.75) is 25.0 Å². The van der Waals surface area contributed by atoms with Gasteiger partial charge < -0.3 is 4.74 Å². The first kappa shape index (κ1) is 7.27. The second kappa shape index (κ2) is 2.42. The fraction of sp³-hybridized carbons (Fsp3) is 0.364. The molecule has 0 aromatic heterocycles. The Labute approximate surface area is 76.5 Å². The zero-order valence-electron chi connectivity index (χ0n) is 7.19. The maximum atomic E-state index is 10.8. The van der Waals surface area contributed by atoms with Gasteiger partial charge in [-0.2, -0.15) is 0 Å². The van der Waals surface area contributed by atoms with Crippen LogP contribution in [0, 0.1) is 0 Å². The normalized spacial score (nSPS) is 28.9. The van der Waals surface area contributed by atoms with E-state index in [1.165, 1.54) is 5.56 Å². The van der Waals surface area contributed by atoms with Crippen molar-refractivity contribution >= 4 is 6.29 Å². The van der Waals surface area contributed by atoms with Crippen LogP contribution in [0.3, 0.4) is 0 Å². The molecule has 0 spiro atoms. The summed E-state index contributed by atoms with van der Waals surface area (Å²) in [6, 6.07) is 5.88. The third kappa shape index (κ3) is 0.838. The molecule has 1 saturated heterocycles. The van der Waals surface area contributed by atoms with Crippen LogP contribution in [0.15, 0.2) is 18.2 Å². The Morgan fingerprint density at radius 3 is 3.00 bits per heavy atom. The standard InChI is InChI=1S/C11H10O2/c12-6-7-2-1-3-8-9-4-5-10(13-9)11(7)8/h1-3,6,9-10H,4-5H2. The number of ether oxygens (including phenoxy) is 1. The molecule has 2 heteroatoms. The Bertz CT molecular complexity index is 370. The Morgan fingerprint density at radius 2 is 2.15 bits per heavy atom. The Kier molecular flexibility index (Phi) is 1.35. The van der Waals surface area contributed by atoms with Crippen molar-refractivity contribution in [3.8, 4) is 0 Å². The molecule has 0 saturated carbocycles. The average Bonchev–Trinajstić information content (AvgIpc) is 2.77. The van der Waals surface area contributed by atoms with Crippen LogP contribution in [-0.4, -0.2) is 6.29 Å². The van der Waals surface area contributed by atoms with Gasteiger partial charge in [0.2, 0.25) is 0 Å². The molecule has 2 bridgehead atoms. The first-order chi connectivity index (χ1) is 6.40. The fourth-order valence-electron chi connectivity index (χ4n) is 2.44. The van der Waals surface area contributed by atoms with Gasteiger partial charge in [0.15, 0.2) is 0 Å². The molecule has 0 aliphatic carbocycles. The van der Waals surface area contributed by atoms with Crippen LogP contribution in [-0.2, 0) is 4.74 Å². The van der Waals surface area contributed by atoms with E-state index < -0.39 is 0 Å². The summed E-state index contributed by atoms with van der Waals surface area (Å²) in [7, 11) is 0. The van der Waals surface area contributed by atoms with Crippen LogP contribution < -0.4 is 0 Å². The number of benzene rings is 1. The highest BCUT2D eigenvalue weighted by molar-refractivity contribution is 5.78. The molecule has 0 radical (unpaired) electrons. The molecule has 1 aromatic rings. The molecule has 1 fully saturated rings. The van der Waals surface area contributed by atoms with Crippen LogP contribution in [0.1, 0.15) is 46.5 Å². The lowest BCUT2D eigenvalue weighted by atomic mass is 9.89. The lowest BCUT2D eigenvalue weighted by molar-refractivity contribution is 0.0712. The van der Waals surface area contributed by atoms with Gasteiger partial charge in [-0.1, -0.05) is 18.2 Å². The van der Waals surface area contributed by atoms with Gasteiger partial charge in [-0.05, 0) is 24.0 Å². The quantitative estimate of drug-likeness (QED) is 0.611. The Morgan fingerprint density at radius 1 is 1.31 bits per heavy atom. The van der Waals surface area contributed by atoms with Crippen molar-refractivity contribution in [1.29, 1.82) is 0 Å². The largest absolute Gasteiger partial charge is 0.366 e. The zero-order valence-corrected chi connectivity index (χ0v) is 7.19. The molecule has 2 atom stereocenters. The number of fused-ring (bicyclic) bond motifs is 5. The van der Waals surface area contributed by atoms with Gasteiger partial charge in [0, 0.05) is 5.56 Å². The van der Waals surface area contributed by atoms with E-state index >= 15 is 0 Å². The molecule has 2 aliphatic rings. The highest BCUT2D eigenvalue weighted by Crippen LogP contribution is 2.51. The smallest absolute Gasteiger partial charge is 0.150 e. The van der Waals surface area contributed by atoms with E-state index in [-0.39, 0.29) is 12.2 Å². The van der Waals surface area contributed by atoms with Crippen LogP contribution in [0.4, 0.5) is 0 Å². The summed E-state index contributed by atoms with van der Waals surface area (Å²) in [6.45, 7) is 0. The molecule has 2 aliphatic heterocycles. The molecular weight excluding hydrogens is 164 g/mol. The van der Waals surface area contributed by atoms with Crippen molar-refractivity contribution in [2.24, 2.45) is 0 Å². The minimum Gasteiger partial charge on any atom is -0.366 e. The van der Waals surface area contributed by atoms with Crippen LogP contribution >= 0.6 is 0 Å². The average molecular weight is 174 g/mol. The topological polar surface area (TPSA) is 26.3 Å². The monoisotopic (exact) mass is 174 g/mol. The van der Waals surface area contributed by atoms with Crippen molar-refractivity contribution < 1.29 is 9.53 Å². The Balaban J connectivity index is 2.25. The van der Waals surface area contributed by atoms with Crippen LogP contribution in [0.25, 0.3) is 0 Å². The van der Waals surface area contributed by atoms with Gasteiger partial charge in [0.05, 0.1) is 12.2 Å². The molecule has 0 N–H and O–H groups in total. The SMILES string of the molecule is O=Cc1cccc2c1C1CCC2O1. The predicted octanol–water partition coefficient (Wildman–Crippen LogP) is 2.41. The second-order valence-corrected chi connectivity index (χ2v) is 3.66. The molecule has 2 heterocycles. The first-order valence-electron chi connectivity index (χ1n) is 4.63. The summed E-state index contributed by atoms with van der Waals surface area (Å²) >= 11 is 0. The van der Waals surface area contributed by atoms with Gasteiger partial charge in [0.1, 0.15) is 6.29 Å². The van der Waals surface area contributed by atoms with Crippen LogP contribution in [0.5, 0.6) is 0 Å². The summed E-state index contributed by atoms with van der Waals surface area (Å²) in [4.78, 5) is 10.8. The summed E-state index contributed by atoms with van der Waals surface area (Å²) in [6.07, 6.45) is 3.58. The molecule has 66 valence electrons. The molecule has 2 nitrogen and oxygen atoms in total. The summed E-state index contributed by atoms with van der Waals surface area (Å²) in [5.41, 5.74) is 3.19. The summed E-state index contributed by atoms with van der Waals surface area (Å²) in [5, 5.41) is 0. The maximum Gasteiger partial charge on any atom is 0.150 e. The highest BCUT2D eigenvalue weighted by atomic mass is 16.5. The molecule has 13 heavy (non-hydrogen) atoms. The highest BCUT2D eigenvalue weighted by Gasteiger charge is 2.39. The zero-order chi connectivity index (χ0) is 8.84. The second-order valence-electron chi connectivity index (χ2n) is 3.66. The van der Waals surface area contributed by atoms with Gasteiger partial charge in [-0.25, -0.2) is 0 Å². The van der Waals surface area contributed by atoms with E-state index in [2.05, 4.69) is 6.07 Å². The molecule has 2 unspecified atom stereocenters. The van der Waals surface area contributed by atoms with Gasteiger partial charge in [-0.15, -0.1) is 0 Å². The van der Waals surface area contributed by atoms with Crippen molar-refractivity contribution in [1.82, 2.24) is 0 Å². The van der Waals surface area contributed by atoms with E-state index in [1.807, 2.05) is 12.1 Å². The van der Waals surface area contributed by atoms with E-state index in [1.54, 1.807) is 0 Å². The number of hydrogen-bond donors (Lipinski definition) is 0. The minimum absolute atomic E-state index is 0.196. The third-order valence-corrected chi connectivity index (χ3v) is 2.99. The number of aldehydes is 1. The minimum atomic E-state index is 0.196. The Hall–Kier alpha value is -1.15. The summed E-state index contributed by atoms with van der Waals surface area (Å²) < 4.78 is 5.73. The maximum absolute atomic E-state index is 10.8. The summed E-state index contributed by atoms with van der Waals surface area (Å²) in [5.74, 6) is 0. The molecular formula is C11H10O2. The fourth-order valence-corrected chi connectivity index (χ4v) is 2.44. The molecule has 0 amide bonds. The van der Waals surface area contributed by atoms with Crippen molar-refractivity contribution in [2.75, 3.05) is 0 Å². The number of rotatable bonds is 1. The molecule has 1 aromatic carbocycles. The van der Waals surface area contributed by atoms with Gasteiger partial charge in [0.25, 0.3) is 0 Å². The predicted molar refractivity (Wildman–Crippen MR) is 47.6 cm³/mol. The van der Waals surface area contributed by atoms with E-state index in [9.17, 15) is 4.79 Å². The number of carbonyl (C=O) groups is 1. The van der Waals surface area contributed by atoms with Gasteiger partial charge >= 0.3 is 0 Å². The van der Waals surface area contributed by atoms with Crippen LogP contribution in [0.2, 0.25) is 0 Å². The lowest BCUT2D eigenvalue weighted by Crippen LogP contribution is -2.01. The number of carbonyl (C=O) groups excluding carboxylic acids is 1. The van der Waals surface area contributed by atoms with E-state index in [0.29, 0.717) is 0 Å². The molecule has 3 rings (SSSR count). The van der Waals surface area contributed by atoms with Gasteiger partial charge in [-0.3, -0.25) is 4.79 Å². The van der Waals surface area contributed by atoms with Crippen molar-refractivity contribution in [3.63, 3.8) is 0 Å². The first-order valence-corrected chi connectivity index (χ1v) is 4.63. The lowest BCUT2D eigenvalue weighted by Gasteiger charge is -2.12.